The third-order valence-electron chi connectivity index (χ3n) is 3.04. The molecule has 2 amide bonds. The van der Waals surface area contributed by atoms with E-state index < -0.39 is 0 Å². The maximum Gasteiger partial charge on any atom is 0.315 e. The largest absolute Gasteiger partial charge is 0.363 e. The van der Waals surface area contributed by atoms with Gasteiger partial charge in [0.2, 0.25) is 0 Å². The molecule has 0 aliphatic carbocycles. The maximum absolute atomic E-state index is 11.9. The quantitative estimate of drug-likeness (QED) is 0.893. The summed E-state index contributed by atoms with van der Waals surface area (Å²) in [5, 5.41) is 7.80. The highest BCUT2D eigenvalue weighted by Crippen LogP contribution is 2.17. The molecule has 6 heteroatoms. The predicted molar refractivity (Wildman–Crippen MR) is 86.7 cm³/mol. The normalized spacial score (nSPS) is 11.8. The minimum absolute atomic E-state index is 0.0137. The average molecular weight is 304 g/mol. The first-order chi connectivity index (χ1) is 10.1. The van der Waals surface area contributed by atoms with Crippen LogP contribution in [0.3, 0.4) is 0 Å². The Bertz CT molecular complexity index is 583. The zero-order chi connectivity index (χ0) is 15.2. The number of pyridine rings is 1. The molecular weight excluding hydrogens is 284 g/mol. The Balaban J connectivity index is 1.85. The van der Waals surface area contributed by atoms with E-state index >= 15 is 0 Å². The number of carbonyl (C=O) groups is 1. The van der Waals surface area contributed by atoms with Gasteiger partial charge in [-0.25, -0.2) is 9.78 Å². The van der Waals surface area contributed by atoms with Crippen molar-refractivity contribution in [2.75, 3.05) is 19.0 Å². The van der Waals surface area contributed by atoms with Gasteiger partial charge < -0.3 is 15.5 Å². The topological polar surface area (TPSA) is 57.3 Å². The Morgan fingerprint density at radius 2 is 2.24 bits per heavy atom. The second kappa shape index (κ2) is 7.08. The fourth-order valence-electron chi connectivity index (χ4n) is 1.85. The molecule has 112 valence electrons. The first kappa shape index (κ1) is 15.3. The summed E-state index contributed by atoms with van der Waals surface area (Å²) >= 11 is 1.64. The summed E-state index contributed by atoms with van der Waals surface area (Å²) < 4.78 is 0. The number of urea groups is 1. The van der Waals surface area contributed by atoms with Gasteiger partial charge in [-0.15, -0.1) is 11.3 Å². The lowest BCUT2D eigenvalue weighted by atomic mass is 10.2. The first-order valence-corrected chi connectivity index (χ1v) is 7.64. The van der Waals surface area contributed by atoms with E-state index in [1.54, 1.807) is 17.5 Å². The number of rotatable bonds is 5. The van der Waals surface area contributed by atoms with Crippen molar-refractivity contribution in [3.8, 4) is 0 Å². The number of nitrogens with one attached hydrogen (secondary N) is 2. The first-order valence-electron chi connectivity index (χ1n) is 6.76. The van der Waals surface area contributed by atoms with Crippen LogP contribution in [0.2, 0.25) is 0 Å². The summed E-state index contributed by atoms with van der Waals surface area (Å²) in [6, 6.07) is 7.70. The number of hydrogen-bond acceptors (Lipinski definition) is 4. The van der Waals surface area contributed by atoms with Gasteiger partial charge in [0.1, 0.15) is 5.82 Å². The molecule has 0 bridgehead atoms. The Morgan fingerprint density at radius 1 is 1.43 bits per heavy atom. The molecule has 0 aliphatic heterocycles. The molecular formula is C15H20N4OS. The van der Waals surface area contributed by atoms with Crippen LogP contribution in [0.25, 0.3) is 0 Å². The molecule has 2 aromatic heterocycles. The van der Waals surface area contributed by atoms with Gasteiger partial charge >= 0.3 is 6.03 Å². The summed E-state index contributed by atoms with van der Waals surface area (Å²) in [5.41, 5.74) is 1.02. The SMILES string of the molecule is C[C@H](NC(=O)NCc1ccnc(N(C)C)c1)c1cccs1. The third kappa shape index (κ3) is 4.46. The van der Waals surface area contributed by atoms with Gasteiger partial charge in [0, 0.05) is 31.7 Å². The lowest BCUT2D eigenvalue weighted by Crippen LogP contribution is -2.36. The molecule has 2 aromatic rings. The fourth-order valence-corrected chi connectivity index (χ4v) is 2.59. The Labute approximate surface area is 129 Å². The van der Waals surface area contributed by atoms with Crippen LogP contribution in [-0.4, -0.2) is 25.1 Å². The maximum atomic E-state index is 11.9. The second-order valence-electron chi connectivity index (χ2n) is 4.98. The van der Waals surface area contributed by atoms with Gasteiger partial charge in [0.25, 0.3) is 0 Å². The van der Waals surface area contributed by atoms with Crippen molar-refractivity contribution >= 4 is 23.2 Å². The molecule has 2 heterocycles. The zero-order valence-electron chi connectivity index (χ0n) is 12.5. The van der Waals surface area contributed by atoms with Crippen LogP contribution in [0.15, 0.2) is 35.8 Å². The molecule has 0 radical (unpaired) electrons. The molecule has 0 unspecified atom stereocenters. The molecule has 2 rings (SSSR count). The van der Waals surface area contributed by atoms with E-state index in [1.807, 2.05) is 55.6 Å². The average Bonchev–Trinajstić information content (AvgIpc) is 2.99. The van der Waals surface area contributed by atoms with Crippen LogP contribution in [0, 0.1) is 0 Å². The summed E-state index contributed by atoms with van der Waals surface area (Å²) in [6.45, 7) is 2.45. The highest BCUT2D eigenvalue weighted by molar-refractivity contribution is 7.10. The number of thiophene rings is 1. The Morgan fingerprint density at radius 3 is 2.90 bits per heavy atom. The van der Waals surface area contributed by atoms with Crippen LogP contribution in [0.4, 0.5) is 10.6 Å². The van der Waals surface area contributed by atoms with Crippen molar-refractivity contribution in [1.29, 1.82) is 0 Å². The van der Waals surface area contributed by atoms with E-state index in [1.165, 1.54) is 0 Å². The van der Waals surface area contributed by atoms with Crippen LogP contribution < -0.4 is 15.5 Å². The molecule has 21 heavy (non-hydrogen) atoms. The number of nitrogens with zero attached hydrogens (tertiary/aromatic N) is 2. The lowest BCUT2D eigenvalue weighted by Gasteiger charge is -2.14. The summed E-state index contributed by atoms with van der Waals surface area (Å²) in [4.78, 5) is 19.2. The van der Waals surface area contributed by atoms with Crippen molar-refractivity contribution in [3.05, 3.63) is 46.3 Å². The molecule has 0 spiro atoms. The predicted octanol–water partition coefficient (Wildman–Crippen LogP) is 2.77. The number of carbonyl (C=O) groups excluding carboxylic acids is 1. The second-order valence-corrected chi connectivity index (χ2v) is 5.96. The highest BCUT2D eigenvalue weighted by atomic mass is 32.1. The molecule has 0 saturated heterocycles. The number of hydrogen-bond donors (Lipinski definition) is 2. The molecule has 1 atom stereocenters. The fraction of sp³-hybridized carbons (Fsp3) is 0.333. The molecule has 2 N–H and O–H groups in total. The molecule has 0 fully saturated rings. The van der Waals surface area contributed by atoms with E-state index in [2.05, 4.69) is 15.6 Å². The molecule has 0 saturated carbocycles. The van der Waals surface area contributed by atoms with Crippen LogP contribution in [0.1, 0.15) is 23.4 Å². The number of anilines is 1. The summed E-state index contributed by atoms with van der Waals surface area (Å²) in [7, 11) is 3.88. The van der Waals surface area contributed by atoms with Crippen LogP contribution >= 0.6 is 11.3 Å². The van der Waals surface area contributed by atoms with Crippen molar-refractivity contribution in [2.45, 2.75) is 19.5 Å². The van der Waals surface area contributed by atoms with Gasteiger partial charge in [0.05, 0.1) is 6.04 Å². The van der Waals surface area contributed by atoms with Crippen molar-refractivity contribution in [3.63, 3.8) is 0 Å². The molecule has 0 aromatic carbocycles. The summed E-state index contributed by atoms with van der Waals surface area (Å²) in [5.74, 6) is 0.877. The zero-order valence-corrected chi connectivity index (χ0v) is 13.3. The molecule has 5 nitrogen and oxygen atoms in total. The van der Waals surface area contributed by atoms with Crippen molar-refractivity contribution in [2.24, 2.45) is 0 Å². The Hall–Kier alpha value is -2.08. The number of aromatic nitrogens is 1. The van der Waals surface area contributed by atoms with E-state index in [0.29, 0.717) is 6.54 Å². The number of amides is 2. The van der Waals surface area contributed by atoms with Gasteiger partial charge in [-0.05, 0) is 36.1 Å². The minimum Gasteiger partial charge on any atom is -0.363 e. The van der Waals surface area contributed by atoms with Crippen LogP contribution in [-0.2, 0) is 6.54 Å². The smallest absolute Gasteiger partial charge is 0.315 e. The minimum atomic E-state index is -0.167. The Kier molecular flexibility index (Phi) is 5.16. The van der Waals surface area contributed by atoms with Gasteiger partial charge in [-0.1, -0.05) is 6.07 Å². The highest BCUT2D eigenvalue weighted by Gasteiger charge is 2.09. The molecule has 0 aliphatic rings. The monoisotopic (exact) mass is 304 g/mol. The summed E-state index contributed by atoms with van der Waals surface area (Å²) in [6.07, 6.45) is 1.75. The van der Waals surface area contributed by atoms with Crippen LogP contribution in [0.5, 0.6) is 0 Å². The lowest BCUT2D eigenvalue weighted by molar-refractivity contribution is 0.237. The van der Waals surface area contributed by atoms with Crippen molar-refractivity contribution < 1.29 is 4.79 Å². The van der Waals surface area contributed by atoms with E-state index in [-0.39, 0.29) is 12.1 Å². The standard InChI is InChI=1S/C15H20N4OS/c1-11(13-5-4-8-21-13)18-15(20)17-10-12-6-7-16-14(9-12)19(2)3/h4-9,11H,10H2,1-3H3,(H2,17,18,20)/t11-/m0/s1. The van der Waals surface area contributed by atoms with E-state index in [9.17, 15) is 4.79 Å². The van der Waals surface area contributed by atoms with E-state index in [4.69, 9.17) is 0 Å². The van der Waals surface area contributed by atoms with Crippen molar-refractivity contribution in [1.82, 2.24) is 15.6 Å². The van der Waals surface area contributed by atoms with E-state index in [0.717, 1.165) is 16.3 Å². The van der Waals surface area contributed by atoms with Gasteiger partial charge in [-0.3, -0.25) is 0 Å². The van der Waals surface area contributed by atoms with Gasteiger partial charge in [-0.2, -0.15) is 0 Å². The third-order valence-corrected chi connectivity index (χ3v) is 4.09. The van der Waals surface area contributed by atoms with Gasteiger partial charge in [0.15, 0.2) is 0 Å².